The molecule has 5 heteroatoms. The molecule has 1 aromatic carbocycles. The molecule has 0 aliphatic heterocycles. The number of rotatable bonds is 1. The van der Waals surface area contributed by atoms with Crippen LogP contribution in [0.1, 0.15) is 0 Å². The van der Waals surface area contributed by atoms with E-state index < -0.39 is 0 Å². The van der Waals surface area contributed by atoms with Gasteiger partial charge in [-0.2, -0.15) is 0 Å². The van der Waals surface area contributed by atoms with E-state index in [0.717, 1.165) is 0 Å². The minimum Gasteiger partial charge on any atom is -0.385 e. The van der Waals surface area contributed by atoms with Crippen molar-refractivity contribution in [1.82, 2.24) is 14.6 Å². The van der Waals surface area contributed by atoms with Crippen molar-refractivity contribution in [2.75, 3.05) is 5.73 Å². The van der Waals surface area contributed by atoms with Crippen molar-refractivity contribution >= 4 is 11.5 Å². The predicted octanol–water partition coefficient (Wildman–Crippen LogP) is 2.12. The number of hydrogen-bond acceptors (Lipinski definition) is 3. The molecule has 2 N–H and O–H groups in total. The Hall–Kier alpha value is -2.43. The van der Waals surface area contributed by atoms with Crippen LogP contribution in [-0.4, -0.2) is 14.6 Å². The molecule has 3 aromatic rings. The highest BCUT2D eigenvalue weighted by Crippen LogP contribution is 2.23. The number of nitrogen functional groups attached to an aromatic ring is 1. The van der Waals surface area contributed by atoms with Gasteiger partial charge >= 0.3 is 0 Å². The summed E-state index contributed by atoms with van der Waals surface area (Å²) in [6.07, 6.45) is 0. The molecular formula is C12H9FN4. The maximum absolute atomic E-state index is 13.7. The van der Waals surface area contributed by atoms with Crippen molar-refractivity contribution in [1.29, 1.82) is 0 Å². The average Bonchev–Trinajstić information content (AvgIpc) is 2.75. The summed E-state index contributed by atoms with van der Waals surface area (Å²) in [5.41, 5.74) is 6.84. The van der Waals surface area contributed by atoms with E-state index in [1.165, 1.54) is 6.07 Å². The number of fused-ring (bicyclic) bond motifs is 1. The topological polar surface area (TPSA) is 56.2 Å². The van der Waals surface area contributed by atoms with Gasteiger partial charge in [-0.1, -0.05) is 18.2 Å². The van der Waals surface area contributed by atoms with E-state index in [0.29, 0.717) is 22.9 Å². The zero-order valence-corrected chi connectivity index (χ0v) is 8.84. The predicted molar refractivity (Wildman–Crippen MR) is 62.8 cm³/mol. The maximum Gasteiger partial charge on any atom is 0.172 e. The summed E-state index contributed by atoms with van der Waals surface area (Å²) in [5.74, 6) is 0.548. The van der Waals surface area contributed by atoms with E-state index in [9.17, 15) is 4.39 Å². The van der Waals surface area contributed by atoms with Gasteiger partial charge in [0.1, 0.15) is 11.6 Å². The molecule has 0 aliphatic carbocycles. The lowest BCUT2D eigenvalue weighted by Crippen LogP contribution is -1.99. The molecule has 0 saturated carbocycles. The smallest absolute Gasteiger partial charge is 0.172 e. The highest BCUT2D eigenvalue weighted by Gasteiger charge is 2.12. The molecule has 17 heavy (non-hydrogen) atoms. The zero-order chi connectivity index (χ0) is 11.8. The van der Waals surface area contributed by atoms with Crippen molar-refractivity contribution in [3.63, 3.8) is 0 Å². The number of nitrogens with zero attached hydrogens (tertiary/aromatic N) is 3. The van der Waals surface area contributed by atoms with Gasteiger partial charge in [0.15, 0.2) is 11.5 Å². The standard InChI is InChI=1S/C12H9FN4/c13-9-5-2-1-4-8(9)12-16-15-11-7-3-6-10(14)17(11)12/h1-7H,14H2. The number of benzene rings is 1. The molecule has 0 amide bonds. The average molecular weight is 228 g/mol. The van der Waals surface area contributed by atoms with Crippen molar-refractivity contribution in [2.24, 2.45) is 0 Å². The molecule has 0 atom stereocenters. The van der Waals surface area contributed by atoms with Gasteiger partial charge in [-0.25, -0.2) is 4.39 Å². The number of nitrogens with two attached hydrogens (primary N) is 1. The third kappa shape index (κ3) is 1.44. The summed E-state index contributed by atoms with van der Waals surface area (Å²) in [6, 6.07) is 11.7. The van der Waals surface area contributed by atoms with Crippen LogP contribution < -0.4 is 5.73 Å². The van der Waals surface area contributed by atoms with Crippen LogP contribution in [0, 0.1) is 5.82 Å². The van der Waals surface area contributed by atoms with Crippen LogP contribution in [0.15, 0.2) is 42.5 Å². The molecule has 0 unspecified atom stereocenters. The Balaban J connectivity index is 2.36. The van der Waals surface area contributed by atoms with Crippen LogP contribution in [0.4, 0.5) is 10.2 Å². The molecular weight excluding hydrogens is 219 g/mol. The number of hydrogen-bond donors (Lipinski definition) is 1. The number of halogens is 1. The Kier molecular flexibility index (Phi) is 2.04. The minimum atomic E-state index is -0.343. The molecule has 0 saturated heterocycles. The van der Waals surface area contributed by atoms with Gasteiger partial charge in [0.05, 0.1) is 5.56 Å². The molecule has 3 rings (SSSR count). The number of anilines is 1. The Bertz CT molecular complexity index is 690. The van der Waals surface area contributed by atoms with Crippen LogP contribution in [-0.2, 0) is 0 Å². The second-order valence-electron chi connectivity index (χ2n) is 3.65. The Labute approximate surface area is 96.5 Å². The van der Waals surface area contributed by atoms with Crippen LogP contribution in [0.25, 0.3) is 17.0 Å². The molecule has 2 heterocycles. The van der Waals surface area contributed by atoms with E-state index in [1.807, 2.05) is 0 Å². The lowest BCUT2D eigenvalue weighted by atomic mass is 10.2. The normalized spacial score (nSPS) is 10.9. The fourth-order valence-corrected chi connectivity index (χ4v) is 1.78. The van der Waals surface area contributed by atoms with Crippen molar-refractivity contribution < 1.29 is 4.39 Å². The van der Waals surface area contributed by atoms with Gasteiger partial charge in [0.25, 0.3) is 0 Å². The van der Waals surface area contributed by atoms with E-state index in [2.05, 4.69) is 10.2 Å². The third-order valence-corrected chi connectivity index (χ3v) is 2.57. The lowest BCUT2D eigenvalue weighted by Gasteiger charge is -2.03. The summed E-state index contributed by atoms with van der Waals surface area (Å²) < 4.78 is 15.3. The molecule has 2 aromatic heterocycles. The van der Waals surface area contributed by atoms with Crippen molar-refractivity contribution in [3.8, 4) is 11.4 Å². The Morgan fingerprint density at radius 3 is 2.65 bits per heavy atom. The highest BCUT2D eigenvalue weighted by molar-refractivity contribution is 5.63. The summed E-state index contributed by atoms with van der Waals surface area (Å²) in [4.78, 5) is 0. The molecule has 0 aliphatic rings. The van der Waals surface area contributed by atoms with Gasteiger partial charge in [-0.15, -0.1) is 10.2 Å². The molecule has 0 fully saturated rings. The van der Waals surface area contributed by atoms with E-state index in [4.69, 9.17) is 5.73 Å². The van der Waals surface area contributed by atoms with Gasteiger partial charge in [-0.3, -0.25) is 4.40 Å². The van der Waals surface area contributed by atoms with Crippen molar-refractivity contribution in [2.45, 2.75) is 0 Å². The Morgan fingerprint density at radius 2 is 1.82 bits per heavy atom. The number of pyridine rings is 1. The first kappa shape index (κ1) is 9.77. The highest BCUT2D eigenvalue weighted by atomic mass is 19.1. The summed E-state index contributed by atoms with van der Waals surface area (Å²) in [5, 5.41) is 7.94. The van der Waals surface area contributed by atoms with Crippen LogP contribution >= 0.6 is 0 Å². The molecule has 0 spiro atoms. The van der Waals surface area contributed by atoms with Crippen LogP contribution in [0.5, 0.6) is 0 Å². The summed E-state index contributed by atoms with van der Waals surface area (Å²) >= 11 is 0. The minimum absolute atomic E-state index is 0.343. The second-order valence-corrected chi connectivity index (χ2v) is 3.65. The quantitative estimate of drug-likeness (QED) is 0.694. The third-order valence-electron chi connectivity index (χ3n) is 2.57. The Morgan fingerprint density at radius 1 is 1.00 bits per heavy atom. The molecule has 0 bridgehead atoms. The molecule has 0 radical (unpaired) electrons. The van der Waals surface area contributed by atoms with Gasteiger partial charge < -0.3 is 5.73 Å². The largest absolute Gasteiger partial charge is 0.385 e. The first-order valence-electron chi connectivity index (χ1n) is 5.12. The first-order chi connectivity index (χ1) is 8.27. The second kappa shape index (κ2) is 3.55. The molecule has 84 valence electrons. The summed E-state index contributed by atoms with van der Waals surface area (Å²) in [7, 11) is 0. The fraction of sp³-hybridized carbons (Fsp3) is 0. The maximum atomic E-state index is 13.7. The lowest BCUT2D eigenvalue weighted by molar-refractivity contribution is 0.629. The first-order valence-corrected chi connectivity index (χ1v) is 5.12. The SMILES string of the molecule is Nc1cccc2nnc(-c3ccccc3F)n12. The van der Waals surface area contributed by atoms with E-state index in [1.54, 1.807) is 40.8 Å². The van der Waals surface area contributed by atoms with Crippen LogP contribution in [0.3, 0.4) is 0 Å². The van der Waals surface area contributed by atoms with Gasteiger partial charge in [0.2, 0.25) is 0 Å². The van der Waals surface area contributed by atoms with E-state index >= 15 is 0 Å². The van der Waals surface area contributed by atoms with Gasteiger partial charge in [-0.05, 0) is 24.3 Å². The summed E-state index contributed by atoms with van der Waals surface area (Å²) in [6.45, 7) is 0. The molecule has 4 nitrogen and oxygen atoms in total. The zero-order valence-electron chi connectivity index (χ0n) is 8.84. The van der Waals surface area contributed by atoms with Crippen LogP contribution in [0.2, 0.25) is 0 Å². The fourth-order valence-electron chi connectivity index (χ4n) is 1.78. The monoisotopic (exact) mass is 228 g/mol. The van der Waals surface area contributed by atoms with Crippen molar-refractivity contribution in [3.05, 3.63) is 48.3 Å². The van der Waals surface area contributed by atoms with E-state index in [-0.39, 0.29) is 5.82 Å². The number of aromatic nitrogens is 3. The van der Waals surface area contributed by atoms with Gasteiger partial charge in [0, 0.05) is 0 Å².